The Labute approximate surface area is 131 Å². The topological polar surface area (TPSA) is 28.7 Å². The van der Waals surface area contributed by atoms with E-state index in [1.807, 2.05) is 12.3 Å². The van der Waals surface area contributed by atoms with Crippen LogP contribution in [-0.2, 0) is 5.41 Å². The Balaban J connectivity index is 1.91. The Bertz CT molecular complexity index is 754. The van der Waals surface area contributed by atoms with E-state index < -0.39 is 0 Å². The second kappa shape index (κ2) is 4.58. The minimum absolute atomic E-state index is 0.186. The fourth-order valence-electron chi connectivity index (χ4n) is 3.36. The van der Waals surface area contributed by atoms with Crippen LogP contribution in [-0.4, -0.2) is 9.97 Å². The number of nitrogens with one attached hydrogen (secondary N) is 1. The van der Waals surface area contributed by atoms with Crippen molar-refractivity contribution >= 4 is 33.6 Å². The van der Waals surface area contributed by atoms with Crippen LogP contribution in [0.3, 0.4) is 0 Å². The Morgan fingerprint density at radius 3 is 2.60 bits per heavy atom. The van der Waals surface area contributed by atoms with E-state index in [-0.39, 0.29) is 5.41 Å². The van der Waals surface area contributed by atoms with Gasteiger partial charge in [-0.1, -0.05) is 18.6 Å². The molecule has 0 saturated heterocycles. The lowest BCUT2D eigenvalue weighted by molar-refractivity contribution is 0.304. The van der Waals surface area contributed by atoms with Crippen LogP contribution in [0.15, 0.2) is 48.8 Å². The molecule has 1 aliphatic rings. The molecule has 100 valence electrons. The zero-order valence-electron chi connectivity index (χ0n) is 11.1. The van der Waals surface area contributed by atoms with Crippen molar-refractivity contribution in [3.05, 3.63) is 63.5 Å². The monoisotopic (exact) mass is 374 g/mol. The van der Waals surface area contributed by atoms with Crippen molar-refractivity contribution in [3.8, 4) is 0 Å². The van der Waals surface area contributed by atoms with E-state index in [4.69, 9.17) is 0 Å². The van der Waals surface area contributed by atoms with Crippen molar-refractivity contribution in [2.75, 3.05) is 0 Å². The summed E-state index contributed by atoms with van der Waals surface area (Å²) in [6, 6.07) is 13.2. The third-order valence-corrected chi connectivity index (χ3v) is 5.29. The number of aromatic amines is 1. The van der Waals surface area contributed by atoms with Gasteiger partial charge in [0, 0.05) is 26.8 Å². The summed E-state index contributed by atoms with van der Waals surface area (Å²) in [4.78, 5) is 7.76. The molecule has 1 aromatic carbocycles. The molecule has 1 saturated carbocycles. The molecule has 0 aliphatic heterocycles. The molecule has 2 aromatic heterocycles. The third-order valence-electron chi connectivity index (χ3n) is 4.57. The maximum Gasteiger partial charge on any atom is 0.137 e. The first-order valence-corrected chi connectivity index (χ1v) is 8.06. The van der Waals surface area contributed by atoms with Gasteiger partial charge in [-0.2, -0.15) is 0 Å². The van der Waals surface area contributed by atoms with E-state index in [0.29, 0.717) is 0 Å². The van der Waals surface area contributed by atoms with Crippen molar-refractivity contribution in [2.24, 2.45) is 0 Å². The average molecular weight is 374 g/mol. The zero-order valence-corrected chi connectivity index (χ0v) is 13.2. The van der Waals surface area contributed by atoms with Crippen molar-refractivity contribution < 1.29 is 0 Å². The van der Waals surface area contributed by atoms with Crippen LogP contribution in [0, 0.1) is 3.57 Å². The van der Waals surface area contributed by atoms with Crippen LogP contribution in [0.4, 0.5) is 0 Å². The quantitative estimate of drug-likeness (QED) is 0.651. The van der Waals surface area contributed by atoms with E-state index in [2.05, 4.69) is 69.1 Å². The van der Waals surface area contributed by atoms with Gasteiger partial charge in [0.05, 0.1) is 0 Å². The van der Waals surface area contributed by atoms with E-state index in [0.717, 1.165) is 5.65 Å². The van der Waals surface area contributed by atoms with Gasteiger partial charge in [0.25, 0.3) is 0 Å². The Morgan fingerprint density at radius 2 is 1.90 bits per heavy atom. The van der Waals surface area contributed by atoms with Crippen LogP contribution < -0.4 is 0 Å². The molecule has 3 aromatic rings. The van der Waals surface area contributed by atoms with E-state index >= 15 is 0 Å². The summed E-state index contributed by atoms with van der Waals surface area (Å²) in [5, 5.41) is 1.27. The predicted octanol–water partition coefficient (Wildman–Crippen LogP) is 4.64. The lowest BCUT2D eigenvalue weighted by Crippen LogP contribution is -2.35. The summed E-state index contributed by atoms with van der Waals surface area (Å²) >= 11 is 2.37. The molecule has 0 amide bonds. The molecule has 1 N–H and O–H groups in total. The first-order chi connectivity index (χ1) is 9.79. The minimum Gasteiger partial charge on any atom is -0.346 e. The van der Waals surface area contributed by atoms with Gasteiger partial charge in [-0.15, -0.1) is 0 Å². The summed E-state index contributed by atoms with van der Waals surface area (Å²) in [6.45, 7) is 0. The van der Waals surface area contributed by atoms with E-state index in [1.54, 1.807) is 0 Å². The lowest BCUT2D eigenvalue weighted by atomic mass is 9.60. The first kappa shape index (κ1) is 12.4. The molecule has 1 fully saturated rings. The largest absolute Gasteiger partial charge is 0.346 e. The van der Waals surface area contributed by atoms with Gasteiger partial charge in [-0.05, 0) is 70.8 Å². The lowest BCUT2D eigenvalue weighted by Gasteiger charge is -2.42. The Kier molecular flexibility index (Phi) is 2.84. The van der Waals surface area contributed by atoms with E-state index in [9.17, 15) is 0 Å². The van der Waals surface area contributed by atoms with Gasteiger partial charge in [0.2, 0.25) is 0 Å². The summed E-state index contributed by atoms with van der Waals surface area (Å²) in [5.41, 5.74) is 4.03. The second-order valence-electron chi connectivity index (χ2n) is 5.54. The van der Waals surface area contributed by atoms with Crippen molar-refractivity contribution in [1.29, 1.82) is 0 Å². The fourth-order valence-corrected chi connectivity index (χ4v) is 3.72. The molecule has 3 heteroatoms. The van der Waals surface area contributed by atoms with Crippen molar-refractivity contribution in [1.82, 2.24) is 9.97 Å². The van der Waals surface area contributed by atoms with Gasteiger partial charge in [0.1, 0.15) is 5.65 Å². The zero-order chi connectivity index (χ0) is 13.6. The number of aromatic nitrogens is 2. The molecule has 0 spiro atoms. The van der Waals surface area contributed by atoms with Gasteiger partial charge in [0.15, 0.2) is 0 Å². The second-order valence-corrected chi connectivity index (χ2v) is 6.79. The molecule has 0 atom stereocenters. The van der Waals surface area contributed by atoms with Crippen LogP contribution in [0.5, 0.6) is 0 Å². The smallest absolute Gasteiger partial charge is 0.137 e. The van der Waals surface area contributed by atoms with Crippen LogP contribution in [0.1, 0.15) is 30.4 Å². The SMILES string of the molecule is Ic1ccc(C2(c3c[nH]c4ncccc34)CCC2)cc1. The number of nitrogens with zero attached hydrogens (tertiary/aromatic N) is 1. The molecule has 0 bridgehead atoms. The highest BCUT2D eigenvalue weighted by Gasteiger charge is 2.41. The predicted molar refractivity (Wildman–Crippen MR) is 89.9 cm³/mol. The molecule has 20 heavy (non-hydrogen) atoms. The molecule has 1 aliphatic carbocycles. The summed E-state index contributed by atoms with van der Waals surface area (Å²) in [7, 11) is 0. The van der Waals surface area contributed by atoms with Gasteiger partial charge in [-0.3, -0.25) is 0 Å². The fraction of sp³-hybridized carbons (Fsp3) is 0.235. The maximum atomic E-state index is 4.42. The maximum absolute atomic E-state index is 4.42. The van der Waals surface area contributed by atoms with Gasteiger partial charge in [-0.25, -0.2) is 4.98 Å². The molecule has 0 unspecified atom stereocenters. The number of rotatable bonds is 2. The Hall–Kier alpha value is -1.36. The molecular formula is C17H15IN2. The van der Waals surface area contributed by atoms with Crippen LogP contribution in [0.25, 0.3) is 11.0 Å². The molecular weight excluding hydrogens is 359 g/mol. The number of halogens is 1. The van der Waals surface area contributed by atoms with Crippen LogP contribution >= 0.6 is 22.6 Å². The van der Waals surface area contributed by atoms with Crippen molar-refractivity contribution in [3.63, 3.8) is 0 Å². The third kappa shape index (κ3) is 1.72. The van der Waals surface area contributed by atoms with Gasteiger partial charge < -0.3 is 4.98 Å². The van der Waals surface area contributed by atoms with Gasteiger partial charge >= 0.3 is 0 Å². The molecule has 4 rings (SSSR count). The number of fused-ring (bicyclic) bond motifs is 1. The number of H-pyrrole nitrogens is 1. The Morgan fingerprint density at radius 1 is 1.10 bits per heavy atom. The average Bonchev–Trinajstić information content (AvgIpc) is 2.84. The molecule has 2 nitrogen and oxygen atoms in total. The van der Waals surface area contributed by atoms with Crippen LogP contribution in [0.2, 0.25) is 0 Å². The standard InChI is InChI=1S/C17H15IN2/c18-13-6-4-12(5-7-13)17(8-2-9-17)15-11-20-16-14(15)3-1-10-19-16/h1,3-7,10-11H,2,8-9H2,(H,19,20). The minimum atomic E-state index is 0.186. The highest BCUT2D eigenvalue weighted by molar-refractivity contribution is 14.1. The summed E-state index contributed by atoms with van der Waals surface area (Å²) in [5.74, 6) is 0. The number of hydrogen-bond donors (Lipinski definition) is 1. The van der Waals surface area contributed by atoms with E-state index in [1.165, 1.54) is 39.3 Å². The summed E-state index contributed by atoms with van der Waals surface area (Å²) < 4.78 is 1.29. The number of pyridine rings is 1. The molecule has 2 heterocycles. The highest BCUT2D eigenvalue weighted by atomic mass is 127. The number of hydrogen-bond acceptors (Lipinski definition) is 1. The van der Waals surface area contributed by atoms with Crippen molar-refractivity contribution in [2.45, 2.75) is 24.7 Å². The molecule has 0 radical (unpaired) electrons. The first-order valence-electron chi connectivity index (χ1n) is 6.98. The number of benzene rings is 1. The normalized spacial score (nSPS) is 17.1. The summed E-state index contributed by atoms with van der Waals surface area (Å²) in [6.07, 6.45) is 7.78. The highest BCUT2D eigenvalue weighted by Crippen LogP contribution is 2.50.